The predicted octanol–water partition coefficient (Wildman–Crippen LogP) is 4.96. The van der Waals surface area contributed by atoms with Gasteiger partial charge >= 0.3 is 0 Å². The lowest BCUT2D eigenvalue weighted by atomic mass is 9.87. The molecule has 32 heavy (non-hydrogen) atoms. The van der Waals surface area contributed by atoms with E-state index in [1.54, 1.807) is 6.20 Å². The molecular weight excluding hydrogens is 394 g/mol. The Morgan fingerprint density at radius 1 is 0.969 bits per heavy atom. The summed E-state index contributed by atoms with van der Waals surface area (Å²) in [6.07, 6.45) is 5.53. The third kappa shape index (κ3) is 5.83. The van der Waals surface area contributed by atoms with Crippen LogP contribution in [0.3, 0.4) is 0 Å². The van der Waals surface area contributed by atoms with Crippen molar-refractivity contribution in [1.29, 1.82) is 0 Å². The normalized spacial score (nSPS) is 18.9. The molecule has 2 heterocycles. The summed E-state index contributed by atoms with van der Waals surface area (Å²) < 4.78 is 0. The van der Waals surface area contributed by atoms with E-state index in [0.717, 1.165) is 44.5 Å². The van der Waals surface area contributed by atoms with Gasteiger partial charge < -0.3 is 5.32 Å². The molecule has 2 aromatic carbocycles. The Morgan fingerprint density at radius 3 is 2.47 bits per heavy atom. The van der Waals surface area contributed by atoms with E-state index < -0.39 is 0 Å². The molecule has 0 aliphatic carbocycles. The van der Waals surface area contributed by atoms with Crippen molar-refractivity contribution in [3.05, 3.63) is 101 Å². The molecule has 0 unspecified atom stereocenters. The largest absolute Gasteiger partial charge is 0.355 e. The van der Waals surface area contributed by atoms with Crippen molar-refractivity contribution in [2.24, 2.45) is 5.92 Å². The van der Waals surface area contributed by atoms with E-state index in [0.29, 0.717) is 12.6 Å². The van der Waals surface area contributed by atoms with Crippen LogP contribution < -0.4 is 5.32 Å². The van der Waals surface area contributed by atoms with Gasteiger partial charge in [-0.05, 0) is 48.1 Å². The Morgan fingerprint density at radius 2 is 1.75 bits per heavy atom. The SMILES string of the molecule is CCc1ccc([C@H]2CC[C@H](C(=O)NCCc3ccccn3)CN2Cc2ccccc2)cc1. The van der Waals surface area contributed by atoms with Crippen molar-refractivity contribution in [2.45, 2.75) is 45.2 Å². The van der Waals surface area contributed by atoms with Crippen LogP contribution in [0.4, 0.5) is 0 Å². The molecule has 0 bridgehead atoms. The van der Waals surface area contributed by atoms with Gasteiger partial charge in [0.05, 0.1) is 5.92 Å². The number of carbonyl (C=O) groups excluding carboxylic acids is 1. The second kappa shape index (κ2) is 11.1. The zero-order chi connectivity index (χ0) is 22.2. The summed E-state index contributed by atoms with van der Waals surface area (Å²) in [6.45, 7) is 4.46. The second-order valence-electron chi connectivity index (χ2n) is 8.66. The van der Waals surface area contributed by atoms with Gasteiger partial charge in [0.2, 0.25) is 5.91 Å². The van der Waals surface area contributed by atoms with Crippen molar-refractivity contribution in [3.63, 3.8) is 0 Å². The van der Waals surface area contributed by atoms with Gasteiger partial charge in [0, 0.05) is 44.0 Å². The highest BCUT2D eigenvalue weighted by molar-refractivity contribution is 5.79. The lowest BCUT2D eigenvalue weighted by Crippen LogP contribution is -2.44. The molecule has 0 radical (unpaired) electrons. The lowest BCUT2D eigenvalue weighted by Gasteiger charge is -2.39. The summed E-state index contributed by atoms with van der Waals surface area (Å²) in [5.41, 5.74) is 5.02. The minimum absolute atomic E-state index is 0.0219. The maximum absolute atomic E-state index is 13.0. The number of hydrogen-bond acceptors (Lipinski definition) is 3. The van der Waals surface area contributed by atoms with Crippen LogP contribution in [-0.4, -0.2) is 28.9 Å². The van der Waals surface area contributed by atoms with E-state index in [9.17, 15) is 4.79 Å². The summed E-state index contributed by atoms with van der Waals surface area (Å²) in [7, 11) is 0. The van der Waals surface area contributed by atoms with Gasteiger partial charge in [-0.1, -0.05) is 67.6 Å². The third-order valence-electron chi connectivity index (χ3n) is 6.46. The number of benzene rings is 2. The third-order valence-corrected chi connectivity index (χ3v) is 6.46. The number of hydrogen-bond donors (Lipinski definition) is 1. The Labute approximate surface area is 191 Å². The molecule has 1 saturated heterocycles. The number of amides is 1. The van der Waals surface area contributed by atoms with Crippen LogP contribution in [0, 0.1) is 5.92 Å². The van der Waals surface area contributed by atoms with Gasteiger partial charge in [0.1, 0.15) is 0 Å². The van der Waals surface area contributed by atoms with E-state index in [2.05, 4.69) is 76.7 Å². The van der Waals surface area contributed by atoms with E-state index in [-0.39, 0.29) is 11.8 Å². The number of piperidine rings is 1. The maximum atomic E-state index is 13.0. The zero-order valence-corrected chi connectivity index (χ0v) is 18.9. The molecule has 2 atom stereocenters. The van der Waals surface area contributed by atoms with Gasteiger partial charge in [-0.3, -0.25) is 14.7 Å². The van der Waals surface area contributed by atoms with E-state index in [1.165, 1.54) is 16.7 Å². The van der Waals surface area contributed by atoms with Gasteiger partial charge in [0.15, 0.2) is 0 Å². The number of likely N-dealkylation sites (tertiary alicyclic amines) is 1. The molecule has 1 aliphatic heterocycles. The first-order chi connectivity index (χ1) is 15.7. The molecule has 4 heteroatoms. The van der Waals surface area contributed by atoms with Crippen molar-refractivity contribution in [2.75, 3.05) is 13.1 Å². The minimum atomic E-state index is 0.0219. The van der Waals surface area contributed by atoms with Crippen LogP contribution in [0.5, 0.6) is 0 Å². The van der Waals surface area contributed by atoms with Crippen molar-refractivity contribution < 1.29 is 4.79 Å². The monoisotopic (exact) mass is 427 g/mol. The number of nitrogens with one attached hydrogen (secondary N) is 1. The van der Waals surface area contributed by atoms with Crippen LogP contribution in [-0.2, 0) is 24.2 Å². The first-order valence-electron chi connectivity index (χ1n) is 11.8. The molecule has 166 valence electrons. The second-order valence-corrected chi connectivity index (χ2v) is 8.66. The van der Waals surface area contributed by atoms with E-state index in [1.807, 2.05) is 18.2 Å². The summed E-state index contributed by atoms with van der Waals surface area (Å²) in [5.74, 6) is 0.187. The highest BCUT2D eigenvalue weighted by Crippen LogP contribution is 2.35. The summed E-state index contributed by atoms with van der Waals surface area (Å²) in [4.78, 5) is 19.8. The highest BCUT2D eigenvalue weighted by Gasteiger charge is 2.32. The van der Waals surface area contributed by atoms with E-state index in [4.69, 9.17) is 0 Å². The predicted molar refractivity (Wildman–Crippen MR) is 129 cm³/mol. The molecule has 1 fully saturated rings. The average molecular weight is 428 g/mol. The number of rotatable bonds is 8. The maximum Gasteiger partial charge on any atom is 0.224 e. The summed E-state index contributed by atoms with van der Waals surface area (Å²) in [6, 6.07) is 25.9. The molecule has 3 aromatic rings. The minimum Gasteiger partial charge on any atom is -0.355 e. The molecule has 4 nitrogen and oxygen atoms in total. The van der Waals surface area contributed by atoms with Gasteiger partial charge in [0.25, 0.3) is 0 Å². The Kier molecular flexibility index (Phi) is 7.68. The summed E-state index contributed by atoms with van der Waals surface area (Å²) >= 11 is 0. The fourth-order valence-electron chi connectivity index (χ4n) is 4.61. The molecule has 4 rings (SSSR count). The number of pyridine rings is 1. The fourth-order valence-corrected chi connectivity index (χ4v) is 4.61. The van der Waals surface area contributed by atoms with Gasteiger partial charge in [-0.2, -0.15) is 0 Å². The van der Waals surface area contributed by atoms with Crippen LogP contribution in [0.2, 0.25) is 0 Å². The molecule has 0 saturated carbocycles. The van der Waals surface area contributed by atoms with Crippen molar-refractivity contribution >= 4 is 5.91 Å². The van der Waals surface area contributed by atoms with Crippen LogP contribution in [0.25, 0.3) is 0 Å². The number of aryl methyl sites for hydroxylation is 1. The topological polar surface area (TPSA) is 45.2 Å². The van der Waals surface area contributed by atoms with Crippen molar-refractivity contribution in [1.82, 2.24) is 15.2 Å². The summed E-state index contributed by atoms with van der Waals surface area (Å²) in [5, 5.41) is 3.15. The molecule has 1 N–H and O–H groups in total. The number of nitrogens with zero attached hydrogens (tertiary/aromatic N) is 2. The smallest absolute Gasteiger partial charge is 0.224 e. The standard InChI is InChI=1S/C28H33N3O/c1-2-22-11-13-24(14-12-22)27-16-15-25(21-31(27)20-23-8-4-3-5-9-23)28(32)30-19-17-26-10-6-7-18-29-26/h3-14,18,25,27H,2,15-17,19-21H2,1H3,(H,30,32)/t25-,27+/m0/s1. The van der Waals surface area contributed by atoms with Gasteiger partial charge in [-0.15, -0.1) is 0 Å². The Bertz CT molecular complexity index is 973. The van der Waals surface area contributed by atoms with Crippen LogP contribution in [0.15, 0.2) is 79.0 Å². The number of aromatic nitrogens is 1. The Hall–Kier alpha value is -2.98. The molecular formula is C28H33N3O. The fraction of sp³-hybridized carbons (Fsp3) is 0.357. The highest BCUT2D eigenvalue weighted by atomic mass is 16.1. The first kappa shape index (κ1) is 22.2. The Balaban J connectivity index is 1.42. The van der Waals surface area contributed by atoms with Crippen LogP contribution in [0.1, 0.15) is 48.2 Å². The average Bonchev–Trinajstić information content (AvgIpc) is 2.85. The first-order valence-corrected chi connectivity index (χ1v) is 11.8. The van der Waals surface area contributed by atoms with Crippen molar-refractivity contribution in [3.8, 4) is 0 Å². The van der Waals surface area contributed by atoms with E-state index >= 15 is 0 Å². The molecule has 1 aromatic heterocycles. The van der Waals surface area contributed by atoms with Crippen LogP contribution >= 0.6 is 0 Å². The molecule has 0 spiro atoms. The number of carbonyl (C=O) groups is 1. The quantitative estimate of drug-likeness (QED) is 0.553. The molecule has 1 amide bonds. The molecule has 1 aliphatic rings. The zero-order valence-electron chi connectivity index (χ0n) is 18.9. The van der Waals surface area contributed by atoms with Gasteiger partial charge in [-0.25, -0.2) is 0 Å². The lowest BCUT2D eigenvalue weighted by molar-refractivity contribution is -0.127.